The van der Waals surface area contributed by atoms with Gasteiger partial charge in [0.05, 0.1) is 23.5 Å². The quantitative estimate of drug-likeness (QED) is 0.634. The first kappa shape index (κ1) is 22.8. The highest BCUT2D eigenvalue weighted by Crippen LogP contribution is 2.32. The third-order valence-electron chi connectivity index (χ3n) is 4.89. The van der Waals surface area contributed by atoms with E-state index in [1.807, 2.05) is 0 Å². The molecule has 6 nitrogen and oxygen atoms in total. The Bertz CT molecular complexity index is 1020. The maximum Gasteiger partial charge on any atom is 0.253 e. The Labute approximate surface area is 185 Å². The van der Waals surface area contributed by atoms with Crippen LogP contribution >= 0.6 is 23.2 Å². The fourth-order valence-corrected chi connectivity index (χ4v) is 4.61. The van der Waals surface area contributed by atoms with Crippen LogP contribution in [0.5, 0.6) is 0 Å². The number of nitrogens with one attached hydrogen (secondary N) is 2. The summed E-state index contributed by atoms with van der Waals surface area (Å²) in [5, 5.41) is 3.36. The summed E-state index contributed by atoms with van der Waals surface area (Å²) in [4.78, 5) is 15.0. The molecule has 0 spiro atoms. The highest BCUT2D eigenvalue weighted by molar-refractivity contribution is 7.92. The van der Waals surface area contributed by atoms with Gasteiger partial charge >= 0.3 is 0 Å². The summed E-state index contributed by atoms with van der Waals surface area (Å²) in [6, 6.07) is 8.34. The fourth-order valence-electron chi connectivity index (χ4n) is 3.57. The summed E-state index contributed by atoms with van der Waals surface area (Å²) < 4.78 is 40.1. The first-order valence-electron chi connectivity index (χ1n) is 9.39. The van der Waals surface area contributed by atoms with Crippen LogP contribution in [0.3, 0.4) is 0 Å². The maximum absolute atomic E-state index is 14.6. The molecule has 162 valence electrons. The van der Waals surface area contributed by atoms with Crippen molar-refractivity contribution in [1.82, 2.24) is 10.2 Å². The number of carbonyl (C=O) groups is 1. The molecule has 1 amide bonds. The lowest BCUT2D eigenvalue weighted by atomic mass is 10.0. The van der Waals surface area contributed by atoms with Crippen molar-refractivity contribution in [3.63, 3.8) is 0 Å². The zero-order chi connectivity index (χ0) is 21.9. The molecule has 1 saturated heterocycles. The number of hydrogen-bond acceptors (Lipinski definition) is 4. The molecular formula is C20H22Cl2FN3O3S. The fraction of sp³-hybridized carbons (Fsp3) is 0.350. The van der Waals surface area contributed by atoms with Gasteiger partial charge in [-0.3, -0.25) is 14.4 Å². The molecule has 3 rings (SSSR count). The summed E-state index contributed by atoms with van der Waals surface area (Å²) in [7, 11) is -3.59. The maximum atomic E-state index is 14.6. The van der Waals surface area contributed by atoms with Crippen LogP contribution in [0.2, 0.25) is 10.0 Å². The largest absolute Gasteiger partial charge is 0.350 e. The van der Waals surface area contributed by atoms with E-state index in [0.29, 0.717) is 10.6 Å². The Morgan fingerprint density at radius 1 is 1.20 bits per heavy atom. The van der Waals surface area contributed by atoms with E-state index in [1.54, 1.807) is 6.07 Å². The Kier molecular flexibility index (Phi) is 7.23. The minimum atomic E-state index is -3.59. The SMILES string of the molecule is CS(=O)(=O)Nc1ccc(Cl)cc1C(=O)NCC(c1c(F)cccc1Cl)N1CCCC1. The lowest BCUT2D eigenvalue weighted by Crippen LogP contribution is -2.37. The average Bonchev–Trinajstić information content (AvgIpc) is 3.18. The van der Waals surface area contributed by atoms with Crippen LogP contribution in [0.25, 0.3) is 0 Å². The molecule has 10 heteroatoms. The second-order valence-electron chi connectivity index (χ2n) is 7.17. The van der Waals surface area contributed by atoms with Gasteiger partial charge in [-0.15, -0.1) is 0 Å². The number of amides is 1. The zero-order valence-electron chi connectivity index (χ0n) is 16.3. The predicted molar refractivity (Wildman–Crippen MR) is 117 cm³/mol. The highest BCUT2D eigenvalue weighted by Gasteiger charge is 2.28. The van der Waals surface area contributed by atoms with Crippen LogP contribution in [-0.2, 0) is 10.0 Å². The molecule has 0 saturated carbocycles. The van der Waals surface area contributed by atoms with Crippen molar-refractivity contribution in [3.8, 4) is 0 Å². The number of likely N-dealkylation sites (tertiary alicyclic amines) is 1. The summed E-state index contributed by atoms with van der Waals surface area (Å²) >= 11 is 12.3. The monoisotopic (exact) mass is 473 g/mol. The zero-order valence-corrected chi connectivity index (χ0v) is 18.6. The number of rotatable bonds is 7. The number of nitrogens with zero attached hydrogens (tertiary/aromatic N) is 1. The van der Waals surface area contributed by atoms with Gasteiger partial charge in [0, 0.05) is 22.2 Å². The smallest absolute Gasteiger partial charge is 0.253 e. The first-order valence-corrected chi connectivity index (χ1v) is 12.0. The van der Waals surface area contributed by atoms with Crippen molar-refractivity contribution < 1.29 is 17.6 Å². The van der Waals surface area contributed by atoms with E-state index < -0.39 is 27.8 Å². The molecule has 0 aromatic heterocycles. The minimum Gasteiger partial charge on any atom is -0.350 e. The van der Waals surface area contributed by atoms with E-state index in [-0.39, 0.29) is 22.8 Å². The van der Waals surface area contributed by atoms with Crippen LogP contribution in [0.15, 0.2) is 36.4 Å². The van der Waals surface area contributed by atoms with Gasteiger partial charge in [0.1, 0.15) is 5.82 Å². The third-order valence-corrected chi connectivity index (χ3v) is 6.05. The highest BCUT2D eigenvalue weighted by atomic mass is 35.5. The van der Waals surface area contributed by atoms with Crippen molar-refractivity contribution in [2.45, 2.75) is 18.9 Å². The molecule has 1 heterocycles. The molecule has 1 aliphatic heterocycles. The Morgan fingerprint density at radius 3 is 2.53 bits per heavy atom. The van der Waals surface area contributed by atoms with Crippen molar-refractivity contribution in [2.75, 3.05) is 30.6 Å². The Morgan fingerprint density at radius 2 is 1.90 bits per heavy atom. The second kappa shape index (κ2) is 9.51. The van der Waals surface area contributed by atoms with E-state index in [9.17, 15) is 17.6 Å². The number of benzene rings is 2. The molecular weight excluding hydrogens is 452 g/mol. The van der Waals surface area contributed by atoms with Crippen LogP contribution in [0, 0.1) is 5.82 Å². The van der Waals surface area contributed by atoms with Gasteiger partial charge in [0.15, 0.2) is 0 Å². The average molecular weight is 474 g/mol. The van der Waals surface area contributed by atoms with Crippen LogP contribution < -0.4 is 10.0 Å². The van der Waals surface area contributed by atoms with Gasteiger partial charge in [-0.05, 0) is 56.3 Å². The van der Waals surface area contributed by atoms with Crippen LogP contribution in [0.1, 0.15) is 34.8 Å². The predicted octanol–water partition coefficient (Wildman–Crippen LogP) is 4.07. The molecule has 2 aromatic rings. The second-order valence-corrected chi connectivity index (χ2v) is 9.76. The van der Waals surface area contributed by atoms with Gasteiger partial charge in [0.25, 0.3) is 5.91 Å². The van der Waals surface area contributed by atoms with Gasteiger partial charge in [-0.25, -0.2) is 12.8 Å². The van der Waals surface area contributed by atoms with E-state index in [0.717, 1.165) is 32.2 Å². The molecule has 2 N–H and O–H groups in total. The van der Waals surface area contributed by atoms with Gasteiger partial charge in [-0.2, -0.15) is 0 Å². The van der Waals surface area contributed by atoms with Gasteiger partial charge in [0.2, 0.25) is 10.0 Å². The summed E-state index contributed by atoms with van der Waals surface area (Å²) in [5.41, 5.74) is 0.524. The number of hydrogen-bond donors (Lipinski definition) is 2. The number of sulfonamides is 1. The summed E-state index contributed by atoms with van der Waals surface area (Å²) in [5.74, 6) is -0.962. The van der Waals surface area contributed by atoms with Gasteiger partial charge in [-0.1, -0.05) is 29.3 Å². The minimum absolute atomic E-state index is 0.0766. The summed E-state index contributed by atoms with van der Waals surface area (Å²) in [6.45, 7) is 1.64. The van der Waals surface area contributed by atoms with E-state index in [4.69, 9.17) is 23.2 Å². The molecule has 0 bridgehead atoms. The third kappa shape index (κ3) is 5.63. The van der Waals surface area contributed by atoms with E-state index >= 15 is 0 Å². The molecule has 30 heavy (non-hydrogen) atoms. The lowest BCUT2D eigenvalue weighted by molar-refractivity contribution is 0.0938. The number of carbonyl (C=O) groups excluding carboxylic acids is 1. The number of anilines is 1. The topological polar surface area (TPSA) is 78.5 Å². The Hall–Kier alpha value is -1.87. The molecule has 0 radical (unpaired) electrons. The Balaban J connectivity index is 1.86. The lowest BCUT2D eigenvalue weighted by Gasteiger charge is -2.29. The van der Waals surface area contributed by atoms with Crippen molar-refractivity contribution in [2.24, 2.45) is 0 Å². The molecule has 1 atom stereocenters. The molecule has 1 unspecified atom stereocenters. The van der Waals surface area contributed by atoms with E-state index in [1.165, 1.54) is 30.3 Å². The molecule has 1 aliphatic rings. The van der Waals surface area contributed by atoms with Crippen molar-refractivity contribution in [3.05, 3.63) is 63.4 Å². The van der Waals surface area contributed by atoms with Crippen molar-refractivity contribution in [1.29, 1.82) is 0 Å². The molecule has 1 fully saturated rings. The standard InChI is InChI=1S/C20H22Cl2FN3O3S/c1-30(28,29)25-17-8-7-13(21)11-14(17)20(27)24-12-18(26-9-2-3-10-26)19-15(22)5-4-6-16(19)23/h4-8,11,18,25H,2-3,9-10,12H2,1H3,(H,24,27). The normalized spacial score (nSPS) is 15.7. The summed E-state index contributed by atoms with van der Waals surface area (Å²) in [6.07, 6.45) is 2.95. The molecule has 0 aliphatic carbocycles. The van der Waals surface area contributed by atoms with Gasteiger partial charge < -0.3 is 5.32 Å². The molecule has 2 aromatic carbocycles. The van der Waals surface area contributed by atoms with Crippen LogP contribution in [-0.4, -0.2) is 45.1 Å². The van der Waals surface area contributed by atoms with E-state index in [2.05, 4.69) is 14.9 Å². The first-order chi connectivity index (χ1) is 14.2. The number of halogens is 3. The van der Waals surface area contributed by atoms with Crippen molar-refractivity contribution >= 4 is 44.8 Å². The van der Waals surface area contributed by atoms with Crippen LogP contribution in [0.4, 0.5) is 10.1 Å².